The summed E-state index contributed by atoms with van der Waals surface area (Å²) in [5.74, 6) is 0.571. The minimum Gasteiger partial charge on any atom is -0.345 e. The van der Waals surface area contributed by atoms with Crippen LogP contribution >= 0.6 is 0 Å². The average molecular weight is 359 g/mol. The lowest BCUT2D eigenvalue weighted by Crippen LogP contribution is -2.37. The third-order valence-corrected chi connectivity index (χ3v) is 5.69. The summed E-state index contributed by atoms with van der Waals surface area (Å²) in [7, 11) is 2.02. The zero-order chi connectivity index (χ0) is 18.4. The second kappa shape index (κ2) is 6.23. The summed E-state index contributed by atoms with van der Waals surface area (Å²) < 4.78 is 2.06. The van der Waals surface area contributed by atoms with Gasteiger partial charge in [-0.3, -0.25) is 4.79 Å². The lowest BCUT2D eigenvalue weighted by atomic mass is 9.88. The molecule has 4 heterocycles. The molecule has 0 aliphatic carbocycles. The van der Waals surface area contributed by atoms with Crippen LogP contribution in [0.5, 0.6) is 0 Å². The van der Waals surface area contributed by atoms with Crippen LogP contribution in [0.4, 0.5) is 0 Å². The van der Waals surface area contributed by atoms with Crippen molar-refractivity contribution in [3.05, 3.63) is 60.2 Å². The van der Waals surface area contributed by atoms with Crippen LogP contribution in [0.3, 0.4) is 0 Å². The summed E-state index contributed by atoms with van der Waals surface area (Å²) in [6.45, 7) is 1.56. The average Bonchev–Trinajstić information content (AvgIpc) is 3.33. The van der Waals surface area contributed by atoms with Crippen molar-refractivity contribution in [2.75, 3.05) is 13.1 Å². The number of fused-ring (bicyclic) bond motifs is 2. The Morgan fingerprint density at radius 1 is 1.15 bits per heavy atom. The van der Waals surface area contributed by atoms with Crippen LogP contribution in [0.25, 0.3) is 22.1 Å². The van der Waals surface area contributed by atoms with Gasteiger partial charge in [-0.05, 0) is 54.7 Å². The van der Waals surface area contributed by atoms with E-state index in [1.165, 1.54) is 10.9 Å². The number of carbonyl (C=O) groups is 1. The maximum atomic E-state index is 12.9. The summed E-state index contributed by atoms with van der Waals surface area (Å²) in [5, 5.41) is 1.23. The van der Waals surface area contributed by atoms with E-state index in [2.05, 4.69) is 37.8 Å². The van der Waals surface area contributed by atoms with E-state index in [-0.39, 0.29) is 5.91 Å². The van der Waals surface area contributed by atoms with Gasteiger partial charge in [0, 0.05) is 43.5 Å². The third kappa shape index (κ3) is 2.68. The van der Waals surface area contributed by atoms with E-state index >= 15 is 0 Å². The van der Waals surface area contributed by atoms with Gasteiger partial charge in [0.05, 0.1) is 17.4 Å². The molecule has 0 bridgehead atoms. The topological polar surface area (TPSA) is 66.8 Å². The van der Waals surface area contributed by atoms with Gasteiger partial charge in [0.1, 0.15) is 5.65 Å². The number of imidazole rings is 1. The van der Waals surface area contributed by atoms with Gasteiger partial charge in [0.15, 0.2) is 0 Å². The van der Waals surface area contributed by atoms with Gasteiger partial charge in [-0.2, -0.15) is 0 Å². The van der Waals surface area contributed by atoms with Gasteiger partial charge >= 0.3 is 0 Å². The first-order valence-electron chi connectivity index (χ1n) is 9.33. The Hall–Kier alpha value is -3.15. The molecule has 1 aliphatic heterocycles. The number of pyridine rings is 1. The number of aromatic nitrogens is 4. The molecule has 27 heavy (non-hydrogen) atoms. The fourth-order valence-electron chi connectivity index (χ4n) is 4.19. The first-order valence-corrected chi connectivity index (χ1v) is 9.33. The molecule has 1 N–H and O–H groups in total. The molecule has 0 radical (unpaired) electrons. The fourth-order valence-corrected chi connectivity index (χ4v) is 4.19. The molecule has 0 spiro atoms. The molecule has 136 valence electrons. The van der Waals surface area contributed by atoms with Crippen LogP contribution in [0.1, 0.15) is 34.7 Å². The van der Waals surface area contributed by atoms with Crippen molar-refractivity contribution in [1.82, 2.24) is 24.4 Å². The molecule has 1 fully saturated rings. The van der Waals surface area contributed by atoms with Crippen LogP contribution < -0.4 is 0 Å². The zero-order valence-corrected chi connectivity index (χ0v) is 15.2. The standard InChI is InChI=1S/C21H21N5O/c1-25-9-7-17-16(4-8-22-20(17)25)14-5-10-26(11-6-14)21(27)15-2-3-18-19(12-15)24-13-23-18/h2-4,7-9,12-14H,5-6,10-11H2,1H3,(H,23,24). The second-order valence-corrected chi connectivity index (χ2v) is 7.27. The molecule has 1 amide bonds. The first-order chi connectivity index (χ1) is 13.2. The number of rotatable bonds is 2. The number of likely N-dealkylation sites (tertiary alicyclic amines) is 1. The van der Waals surface area contributed by atoms with Crippen LogP contribution in [-0.2, 0) is 7.05 Å². The molecule has 0 saturated carbocycles. The zero-order valence-electron chi connectivity index (χ0n) is 15.2. The molecule has 5 rings (SSSR count). The predicted octanol–water partition coefficient (Wildman–Crippen LogP) is 3.47. The quantitative estimate of drug-likeness (QED) is 0.596. The van der Waals surface area contributed by atoms with E-state index in [9.17, 15) is 4.79 Å². The molecule has 6 heteroatoms. The summed E-state index contributed by atoms with van der Waals surface area (Å²) in [4.78, 5) is 26.7. The number of aromatic amines is 1. The number of hydrogen-bond acceptors (Lipinski definition) is 3. The van der Waals surface area contributed by atoms with Crippen LogP contribution in [0, 0.1) is 0 Å². The van der Waals surface area contributed by atoms with E-state index in [1.54, 1.807) is 6.33 Å². The maximum absolute atomic E-state index is 12.9. The van der Waals surface area contributed by atoms with Gasteiger partial charge in [0.25, 0.3) is 5.91 Å². The highest BCUT2D eigenvalue weighted by Gasteiger charge is 2.26. The summed E-state index contributed by atoms with van der Waals surface area (Å²) in [6, 6.07) is 9.95. The number of nitrogens with one attached hydrogen (secondary N) is 1. The van der Waals surface area contributed by atoms with Crippen molar-refractivity contribution in [2.45, 2.75) is 18.8 Å². The molecule has 4 aromatic rings. The Morgan fingerprint density at radius 3 is 2.85 bits per heavy atom. The molecular weight excluding hydrogens is 338 g/mol. The van der Waals surface area contributed by atoms with E-state index in [4.69, 9.17) is 0 Å². The molecule has 1 saturated heterocycles. The van der Waals surface area contributed by atoms with Gasteiger partial charge in [-0.1, -0.05) is 0 Å². The van der Waals surface area contributed by atoms with Crippen molar-refractivity contribution in [1.29, 1.82) is 0 Å². The van der Waals surface area contributed by atoms with E-state index < -0.39 is 0 Å². The van der Waals surface area contributed by atoms with Crippen molar-refractivity contribution in [2.24, 2.45) is 7.05 Å². The number of H-pyrrole nitrogens is 1. The Morgan fingerprint density at radius 2 is 2.00 bits per heavy atom. The molecule has 1 aromatic carbocycles. The molecule has 0 atom stereocenters. The van der Waals surface area contributed by atoms with Crippen molar-refractivity contribution < 1.29 is 4.79 Å². The monoisotopic (exact) mass is 359 g/mol. The van der Waals surface area contributed by atoms with Gasteiger partial charge < -0.3 is 14.5 Å². The van der Waals surface area contributed by atoms with Crippen LogP contribution in [0.15, 0.2) is 49.1 Å². The summed E-state index contributed by atoms with van der Waals surface area (Å²) >= 11 is 0. The third-order valence-electron chi connectivity index (χ3n) is 5.69. The number of nitrogens with zero attached hydrogens (tertiary/aromatic N) is 4. The molecular formula is C21H21N5O. The van der Waals surface area contributed by atoms with Gasteiger partial charge in [-0.25, -0.2) is 9.97 Å². The van der Waals surface area contributed by atoms with Crippen molar-refractivity contribution in [3.63, 3.8) is 0 Å². The van der Waals surface area contributed by atoms with Crippen LogP contribution in [-0.4, -0.2) is 43.4 Å². The molecule has 3 aromatic heterocycles. The Labute approximate surface area is 156 Å². The van der Waals surface area contributed by atoms with Gasteiger partial charge in [0.2, 0.25) is 0 Å². The highest BCUT2D eigenvalue weighted by Crippen LogP contribution is 2.33. The molecule has 6 nitrogen and oxygen atoms in total. The van der Waals surface area contributed by atoms with Gasteiger partial charge in [-0.15, -0.1) is 0 Å². The SMILES string of the molecule is Cn1ccc2c(C3CCN(C(=O)c4ccc5nc[nH]c5c4)CC3)ccnc21. The Kier molecular flexibility index (Phi) is 3.70. The Balaban J connectivity index is 1.34. The number of amides is 1. The highest BCUT2D eigenvalue weighted by atomic mass is 16.2. The van der Waals surface area contributed by atoms with E-state index in [0.717, 1.165) is 48.2 Å². The second-order valence-electron chi connectivity index (χ2n) is 7.27. The summed E-state index contributed by atoms with van der Waals surface area (Å²) in [5.41, 5.74) is 4.89. The number of aryl methyl sites for hydroxylation is 1. The van der Waals surface area contributed by atoms with Crippen molar-refractivity contribution in [3.8, 4) is 0 Å². The largest absolute Gasteiger partial charge is 0.345 e. The van der Waals surface area contributed by atoms with Crippen LogP contribution in [0.2, 0.25) is 0 Å². The number of hydrogen-bond donors (Lipinski definition) is 1. The first kappa shape index (κ1) is 16.1. The molecule has 0 unspecified atom stereocenters. The van der Waals surface area contributed by atoms with Crippen molar-refractivity contribution >= 4 is 28.0 Å². The minimum absolute atomic E-state index is 0.101. The smallest absolute Gasteiger partial charge is 0.253 e. The number of benzene rings is 1. The lowest BCUT2D eigenvalue weighted by Gasteiger charge is -2.32. The minimum atomic E-state index is 0.101. The van der Waals surface area contributed by atoms with E-state index in [1.807, 2.05) is 36.3 Å². The lowest BCUT2D eigenvalue weighted by molar-refractivity contribution is 0.0713. The number of piperidine rings is 1. The summed E-state index contributed by atoms with van der Waals surface area (Å²) in [6.07, 6.45) is 7.57. The maximum Gasteiger partial charge on any atom is 0.253 e. The predicted molar refractivity (Wildman–Crippen MR) is 105 cm³/mol. The normalized spacial score (nSPS) is 15.7. The number of carbonyl (C=O) groups excluding carboxylic acids is 1. The van der Waals surface area contributed by atoms with E-state index in [0.29, 0.717) is 5.92 Å². The highest BCUT2D eigenvalue weighted by molar-refractivity contribution is 5.97. The molecule has 1 aliphatic rings. The Bertz CT molecular complexity index is 1130. The fraction of sp³-hybridized carbons (Fsp3) is 0.286.